The number of nitrogens with zero attached hydrogens (tertiary/aromatic N) is 3. The quantitative estimate of drug-likeness (QED) is 0.844. The van der Waals surface area contributed by atoms with Crippen LogP contribution in [0.15, 0.2) is 17.0 Å². The zero-order valence-corrected chi connectivity index (χ0v) is 8.17. The lowest BCUT2D eigenvalue weighted by Crippen LogP contribution is -2.10. The maximum Gasteiger partial charge on any atom is 0.286 e. The van der Waals surface area contributed by atoms with Gasteiger partial charge in [-0.05, 0) is 11.6 Å². The molecule has 1 N–H and O–H groups in total. The van der Waals surface area contributed by atoms with Crippen LogP contribution in [0.2, 0.25) is 4.47 Å². The molecule has 0 saturated carbocycles. The average molecular weight is 231 g/mol. The van der Waals surface area contributed by atoms with E-state index in [0.717, 1.165) is 11.3 Å². The van der Waals surface area contributed by atoms with Gasteiger partial charge >= 0.3 is 0 Å². The van der Waals surface area contributed by atoms with E-state index in [-0.39, 0.29) is 9.47 Å². The number of amides is 1. The van der Waals surface area contributed by atoms with Crippen molar-refractivity contribution in [3.63, 3.8) is 0 Å². The van der Waals surface area contributed by atoms with Gasteiger partial charge in [0.25, 0.3) is 5.91 Å². The highest BCUT2D eigenvalue weighted by Crippen LogP contribution is 2.16. The first kappa shape index (κ1) is 9.10. The summed E-state index contributed by atoms with van der Waals surface area (Å²) in [5, 5.41) is 13.2. The predicted octanol–water partition coefficient (Wildman–Crippen LogP) is 1.43. The summed E-state index contributed by atoms with van der Waals surface area (Å²) in [6.45, 7) is 0. The highest BCUT2D eigenvalue weighted by molar-refractivity contribution is 7.17. The molecule has 2 aromatic heterocycles. The summed E-state index contributed by atoms with van der Waals surface area (Å²) in [7, 11) is 0. The van der Waals surface area contributed by atoms with E-state index in [1.807, 2.05) is 0 Å². The largest absolute Gasteiger partial charge is 0.363 e. The van der Waals surface area contributed by atoms with Crippen LogP contribution in [0.4, 0.5) is 5.69 Å². The first-order valence-corrected chi connectivity index (χ1v) is 4.65. The van der Waals surface area contributed by atoms with Gasteiger partial charge in [0.1, 0.15) is 12.0 Å². The predicted molar refractivity (Wildman–Crippen MR) is 49.4 cm³/mol. The molecular formula is C6H3ClN4O2S. The van der Waals surface area contributed by atoms with Gasteiger partial charge in [-0.2, -0.15) is 0 Å². The summed E-state index contributed by atoms with van der Waals surface area (Å²) >= 11 is 6.52. The second kappa shape index (κ2) is 3.72. The second-order valence-corrected chi connectivity index (χ2v) is 3.79. The van der Waals surface area contributed by atoms with Crippen LogP contribution in [-0.2, 0) is 0 Å². The summed E-state index contributed by atoms with van der Waals surface area (Å²) in [5.41, 5.74) is 0.460. The average Bonchev–Trinajstić information content (AvgIpc) is 2.75. The molecule has 8 heteroatoms. The molecule has 0 saturated heterocycles. The van der Waals surface area contributed by atoms with Gasteiger partial charge in [0, 0.05) is 0 Å². The first-order chi connectivity index (χ1) is 6.75. The van der Waals surface area contributed by atoms with Crippen molar-refractivity contribution in [2.75, 3.05) is 5.32 Å². The van der Waals surface area contributed by atoms with Crippen LogP contribution in [0.1, 0.15) is 9.80 Å². The number of halogens is 1. The Hall–Kier alpha value is -1.47. The number of carbonyl (C=O) groups is 1. The molecule has 0 bridgehead atoms. The number of aromatic nitrogens is 3. The van der Waals surface area contributed by atoms with E-state index >= 15 is 0 Å². The lowest BCUT2D eigenvalue weighted by molar-refractivity contribution is 0.102. The Morgan fingerprint density at radius 2 is 2.43 bits per heavy atom. The number of hydrogen-bond donors (Lipinski definition) is 1. The van der Waals surface area contributed by atoms with Crippen molar-refractivity contribution < 1.29 is 9.32 Å². The number of nitrogens with one attached hydrogen (secondary N) is 1. The summed E-state index contributed by atoms with van der Waals surface area (Å²) in [6.07, 6.45) is 2.68. The molecule has 0 spiro atoms. The molecule has 0 unspecified atom stereocenters. The molecule has 14 heavy (non-hydrogen) atoms. The summed E-state index contributed by atoms with van der Waals surface area (Å²) in [6, 6.07) is 0. The van der Waals surface area contributed by atoms with Gasteiger partial charge in [-0.25, -0.2) is 0 Å². The zero-order chi connectivity index (χ0) is 9.97. The van der Waals surface area contributed by atoms with Crippen LogP contribution in [0, 0.1) is 0 Å². The minimum absolute atomic E-state index is 0.191. The number of carbonyl (C=O) groups excluding carboxylic acids is 1. The third-order valence-corrected chi connectivity index (χ3v) is 2.30. The van der Waals surface area contributed by atoms with Crippen molar-refractivity contribution in [1.82, 2.24) is 15.4 Å². The Balaban J connectivity index is 2.10. The Bertz CT molecular complexity index is 440. The fraction of sp³-hybridized carbons (Fsp3) is 0. The summed E-state index contributed by atoms with van der Waals surface area (Å²) in [4.78, 5) is 11.4. The van der Waals surface area contributed by atoms with Crippen LogP contribution in [0.3, 0.4) is 0 Å². The molecule has 2 rings (SSSR count). The molecule has 0 aliphatic carbocycles. The lowest BCUT2D eigenvalue weighted by Gasteiger charge is -1.94. The molecule has 0 aliphatic heterocycles. The van der Waals surface area contributed by atoms with E-state index < -0.39 is 5.91 Å². The fourth-order valence-corrected chi connectivity index (χ4v) is 1.47. The summed E-state index contributed by atoms with van der Waals surface area (Å²) < 4.78 is 4.76. The van der Waals surface area contributed by atoms with Gasteiger partial charge < -0.3 is 9.84 Å². The zero-order valence-electron chi connectivity index (χ0n) is 6.60. The third kappa shape index (κ3) is 1.88. The Labute approximate surface area is 86.9 Å². The van der Waals surface area contributed by atoms with Crippen molar-refractivity contribution in [1.29, 1.82) is 0 Å². The number of anilines is 1. The third-order valence-electron chi connectivity index (χ3n) is 1.28. The summed E-state index contributed by atoms with van der Waals surface area (Å²) in [5.74, 6) is -0.391. The second-order valence-electron chi connectivity index (χ2n) is 2.23. The van der Waals surface area contributed by atoms with Gasteiger partial charge in [-0.15, -0.1) is 10.2 Å². The first-order valence-electron chi connectivity index (χ1n) is 3.45. The molecule has 1 amide bonds. The van der Waals surface area contributed by atoms with Crippen molar-refractivity contribution in [3.8, 4) is 0 Å². The number of hydrogen-bond acceptors (Lipinski definition) is 6. The molecule has 2 aromatic rings. The SMILES string of the molecule is O=C(Nc1cnoc1)c1nnc(Cl)s1. The minimum atomic E-state index is -0.391. The molecule has 0 atom stereocenters. The molecule has 0 aliphatic rings. The standard InChI is InChI=1S/C6H3ClN4O2S/c7-6-11-10-5(14-6)4(12)9-3-1-8-13-2-3/h1-2H,(H,9,12). The van der Waals surface area contributed by atoms with Crippen molar-refractivity contribution in [2.24, 2.45) is 0 Å². The van der Waals surface area contributed by atoms with Gasteiger partial charge in [0.2, 0.25) is 9.47 Å². The van der Waals surface area contributed by atoms with Crippen molar-refractivity contribution in [3.05, 3.63) is 21.9 Å². The Morgan fingerprint density at radius 1 is 1.57 bits per heavy atom. The van der Waals surface area contributed by atoms with Crippen LogP contribution < -0.4 is 5.32 Å². The number of rotatable bonds is 2. The maximum absolute atomic E-state index is 11.4. The molecule has 2 heterocycles. The van der Waals surface area contributed by atoms with Crippen molar-refractivity contribution in [2.45, 2.75) is 0 Å². The highest BCUT2D eigenvalue weighted by atomic mass is 35.5. The van der Waals surface area contributed by atoms with E-state index in [0.29, 0.717) is 5.69 Å². The van der Waals surface area contributed by atoms with Gasteiger partial charge in [-0.1, -0.05) is 16.5 Å². The Morgan fingerprint density at radius 3 is 3.00 bits per heavy atom. The molecule has 72 valence electrons. The van der Waals surface area contributed by atoms with Crippen molar-refractivity contribution >= 4 is 34.5 Å². The topological polar surface area (TPSA) is 80.9 Å². The maximum atomic E-state index is 11.4. The van der Waals surface area contributed by atoms with E-state index in [2.05, 4.69) is 25.2 Å². The molecule has 0 aromatic carbocycles. The Kier molecular flexibility index (Phi) is 2.42. The monoisotopic (exact) mass is 230 g/mol. The van der Waals surface area contributed by atoms with Crippen LogP contribution in [0.5, 0.6) is 0 Å². The van der Waals surface area contributed by atoms with Gasteiger partial charge in [-0.3, -0.25) is 4.79 Å². The van der Waals surface area contributed by atoms with Gasteiger partial charge in [0.15, 0.2) is 0 Å². The normalized spacial score (nSPS) is 10.1. The van der Waals surface area contributed by atoms with E-state index in [1.165, 1.54) is 12.5 Å². The highest BCUT2D eigenvalue weighted by Gasteiger charge is 2.12. The molecule has 6 nitrogen and oxygen atoms in total. The molecular weight excluding hydrogens is 228 g/mol. The smallest absolute Gasteiger partial charge is 0.286 e. The van der Waals surface area contributed by atoms with Crippen LogP contribution in [-0.4, -0.2) is 21.3 Å². The van der Waals surface area contributed by atoms with Gasteiger partial charge in [0.05, 0.1) is 6.20 Å². The van der Waals surface area contributed by atoms with E-state index in [1.54, 1.807) is 0 Å². The van der Waals surface area contributed by atoms with E-state index in [9.17, 15) is 4.79 Å². The minimum Gasteiger partial charge on any atom is -0.363 e. The van der Waals surface area contributed by atoms with E-state index in [4.69, 9.17) is 11.6 Å². The molecule has 0 fully saturated rings. The van der Waals surface area contributed by atoms with Crippen LogP contribution >= 0.6 is 22.9 Å². The fourth-order valence-electron chi connectivity index (χ4n) is 0.748. The van der Waals surface area contributed by atoms with Crippen LogP contribution in [0.25, 0.3) is 0 Å². The molecule has 0 radical (unpaired) electrons. The lowest BCUT2D eigenvalue weighted by atomic mass is 10.5.